The van der Waals surface area contributed by atoms with Crippen LogP contribution in [-0.2, 0) is 0 Å². The highest BCUT2D eigenvalue weighted by Crippen LogP contribution is 2.38. The van der Waals surface area contributed by atoms with Crippen molar-refractivity contribution in [3.63, 3.8) is 0 Å². The summed E-state index contributed by atoms with van der Waals surface area (Å²) in [6, 6.07) is 0. The zero-order valence-electron chi connectivity index (χ0n) is 6.52. The Hall–Kier alpha value is -0.0400. The van der Waals surface area contributed by atoms with Gasteiger partial charge >= 0.3 is 0 Å². The van der Waals surface area contributed by atoms with Crippen molar-refractivity contribution in [2.75, 3.05) is 0 Å². The van der Waals surface area contributed by atoms with Crippen LogP contribution in [0.4, 0.5) is 0 Å². The van der Waals surface area contributed by atoms with E-state index in [2.05, 4.69) is 13.8 Å². The van der Waals surface area contributed by atoms with Crippen molar-refractivity contribution >= 4 is 0 Å². The van der Waals surface area contributed by atoms with Crippen molar-refractivity contribution in [2.45, 2.75) is 39.2 Å². The van der Waals surface area contributed by atoms with E-state index in [0.717, 1.165) is 12.8 Å². The molecule has 0 spiro atoms. The molecule has 2 atom stereocenters. The molecule has 1 N–H and O–H groups in total. The highest BCUT2D eigenvalue weighted by atomic mass is 16.3. The molecule has 1 nitrogen and oxygen atoms in total. The Bertz CT molecular complexity index is 95.1. The van der Waals surface area contributed by atoms with Gasteiger partial charge in [0.1, 0.15) is 0 Å². The predicted octanol–water partition coefficient (Wildman–Crippen LogP) is 1.80. The molecule has 0 radical (unpaired) electrons. The van der Waals surface area contributed by atoms with Gasteiger partial charge in [-0.05, 0) is 31.6 Å². The van der Waals surface area contributed by atoms with Crippen molar-refractivity contribution in [3.05, 3.63) is 0 Å². The summed E-state index contributed by atoms with van der Waals surface area (Å²) in [6.45, 7) is 6.37. The van der Waals surface area contributed by atoms with E-state index in [9.17, 15) is 5.11 Å². The van der Waals surface area contributed by atoms with Crippen molar-refractivity contribution < 1.29 is 5.11 Å². The third-order valence-electron chi connectivity index (χ3n) is 2.49. The first-order valence-electron chi connectivity index (χ1n) is 3.74. The third kappa shape index (κ3) is 1.45. The van der Waals surface area contributed by atoms with Crippen LogP contribution in [0.15, 0.2) is 0 Å². The summed E-state index contributed by atoms with van der Waals surface area (Å²) < 4.78 is 0. The predicted molar refractivity (Wildman–Crippen MR) is 38.2 cm³/mol. The third-order valence-corrected chi connectivity index (χ3v) is 2.49. The Kier molecular flexibility index (Phi) is 1.55. The smallest absolute Gasteiger partial charge is 0.0625 e. The van der Waals surface area contributed by atoms with E-state index < -0.39 is 0 Å². The van der Waals surface area contributed by atoms with Gasteiger partial charge in [0.2, 0.25) is 0 Å². The summed E-state index contributed by atoms with van der Waals surface area (Å²) in [5.74, 6) is 1.42. The molecular weight excluding hydrogens is 112 g/mol. The van der Waals surface area contributed by atoms with Gasteiger partial charge in [-0.15, -0.1) is 0 Å². The minimum Gasteiger partial charge on any atom is -0.390 e. The number of hydrogen-bond donors (Lipinski definition) is 1. The Morgan fingerprint density at radius 3 is 1.67 bits per heavy atom. The minimum absolute atomic E-state index is 0.362. The molecule has 54 valence electrons. The Labute approximate surface area is 57.1 Å². The standard InChI is InChI=1S/C8H16O/c1-6-4-8(3,9)5-7(6)2/h6-7,9H,4-5H2,1-3H3. The molecule has 0 aliphatic heterocycles. The highest BCUT2D eigenvalue weighted by molar-refractivity contribution is 4.87. The summed E-state index contributed by atoms with van der Waals surface area (Å²) in [4.78, 5) is 0. The average molecular weight is 128 g/mol. The van der Waals surface area contributed by atoms with Gasteiger partial charge in [-0.25, -0.2) is 0 Å². The molecule has 1 rings (SSSR count). The normalized spacial score (nSPS) is 52.0. The van der Waals surface area contributed by atoms with E-state index in [4.69, 9.17) is 0 Å². The highest BCUT2D eigenvalue weighted by Gasteiger charge is 2.35. The van der Waals surface area contributed by atoms with Crippen LogP contribution in [0.3, 0.4) is 0 Å². The summed E-state index contributed by atoms with van der Waals surface area (Å²) in [5.41, 5.74) is -0.362. The molecule has 1 heteroatoms. The molecule has 1 aliphatic rings. The van der Waals surface area contributed by atoms with Crippen LogP contribution in [0.25, 0.3) is 0 Å². The van der Waals surface area contributed by atoms with E-state index in [1.165, 1.54) is 0 Å². The van der Waals surface area contributed by atoms with Crippen LogP contribution in [0.2, 0.25) is 0 Å². The molecule has 2 unspecified atom stereocenters. The largest absolute Gasteiger partial charge is 0.390 e. The quantitative estimate of drug-likeness (QED) is 0.527. The molecule has 0 aromatic rings. The first-order chi connectivity index (χ1) is 4.01. The first kappa shape index (κ1) is 7.07. The molecule has 9 heavy (non-hydrogen) atoms. The molecule has 0 amide bonds. The van der Waals surface area contributed by atoms with Gasteiger partial charge in [0.15, 0.2) is 0 Å². The van der Waals surface area contributed by atoms with E-state index in [1.807, 2.05) is 6.92 Å². The summed E-state index contributed by atoms with van der Waals surface area (Å²) in [5, 5.41) is 9.54. The van der Waals surface area contributed by atoms with Gasteiger partial charge in [0.05, 0.1) is 5.60 Å². The van der Waals surface area contributed by atoms with E-state index in [1.54, 1.807) is 0 Å². The maximum atomic E-state index is 9.54. The first-order valence-corrected chi connectivity index (χ1v) is 3.74. The second-order valence-corrected chi connectivity index (χ2v) is 3.86. The van der Waals surface area contributed by atoms with Crippen molar-refractivity contribution in [1.29, 1.82) is 0 Å². The van der Waals surface area contributed by atoms with Crippen LogP contribution in [0.1, 0.15) is 33.6 Å². The Balaban J connectivity index is 2.54. The molecule has 0 saturated heterocycles. The Morgan fingerprint density at radius 1 is 1.22 bits per heavy atom. The lowest BCUT2D eigenvalue weighted by molar-refractivity contribution is 0.0621. The number of aliphatic hydroxyl groups is 1. The van der Waals surface area contributed by atoms with Gasteiger partial charge in [0.25, 0.3) is 0 Å². The SMILES string of the molecule is CC1CC(C)(O)CC1C. The fourth-order valence-electron chi connectivity index (χ4n) is 1.87. The van der Waals surface area contributed by atoms with Crippen molar-refractivity contribution in [2.24, 2.45) is 11.8 Å². The molecule has 0 heterocycles. The van der Waals surface area contributed by atoms with Gasteiger partial charge in [-0.1, -0.05) is 13.8 Å². The molecule has 1 saturated carbocycles. The van der Waals surface area contributed by atoms with Crippen LogP contribution in [0.5, 0.6) is 0 Å². The molecule has 0 aromatic heterocycles. The van der Waals surface area contributed by atoms with Crippen LogP contribution in [-0.4, -0.2) is 10.7 Å². The van der Waals surface area contributed by atoms with Gasteiger partial charge in [0, 0.05) is 0 Å². The summed E-state index contributed by atoms with van der Waals surface area (Å²) in [7, 11) is 0. The molecule has 1 aliphatic carbocycles. The fourth-order valence-corrected chi connectivity index (χ4v) is 1.87. The van der Waals surface area contributed by atoms with Gasteiger partial charge in [-0.3, -0.25) is 0 Å². The van der Waals surface area contributed by atoms with Crippen molar-refractivity contribution in [1.82, 2.24) is 0 Å². The topological polar surface area (TPSA) is 20.2 Å². The van der Waals surface area contributed by atoms with Crippen LogP contribution >= 0.6 is 0 Å². The van der Waals surface area contributed by atoms with Crippen LogP contribution < -0.4 is 0 Å². The molecule has 0 bridgehead atoms. The number of rotatable bonds is 0. The molecular formula is C8H16O. The summed E-state index contributed by atoms with van der Waals surface area (Å²) in [6.07, 6.45) is 1.96. The molecule has 0 aromatic carbocycles. The monoisotopic (exact) mass is 128 g/mol. The van der Waals surface area contributed by atoms with E-state index in [0.29, 0.717) is 11.8 Å². The zero-order valence-corrected chi connectivity index (χ0v) is 6.52. The molecule has 1 fully saturated rings. The van der Waals surface area contributed by atoms with Crippen LogP contribution in [0, 0.1) is 11.8 Å². The van der Waals surface area contributed by atoms with E-state index >= 15 is 0 Å². The lowest BCUT2D eigenvalue weighted by atomic mass is 10.0. The maximum Gasteiger partial charge on any atom is 0.0625 e. The second kappa shape index (κ2) is 1.98. The second-order valence-electron chi connectivity index (χ2n) is 3.86. The van der Waals surface area contributed by atoms with Gasteiger partial charge < -0.3 is 5.11 Å². The fraction of sp³-hybridized carbons (Fsp3) is 1.00. The lowest BCUT2D eigenvalue weighted by Gasteiger charge is -2.14. The Morgan fingerprint density at radius 2 is 1.56 bits per heavy atom. The zero-order chi connectivity index (χ0) is 7.07. The maximum absolute atomic E-state index is 9.54. The number of hydrogen-bond acceptors (Lipinski definition) is 1. The van der Waals surface area contributed by atoms with Crippen molar-refractivity contribution in [3.8, 4) is 0 Å². The summed E-state index contributed by atoms with van der Waals surface area (Å²) >= 11 is 0. The van der Waals surface area contributed by atoms with E-state index in [-0.39, 0.29) is 5.60 Å². The minimum atomic E-state index is -0.362. The average Bonchev–Trinajstić information content (AvgIpc) is 1.79. The lowest BCUT2D eigenvalue weighted by Crippen LogP contribution is -2.18. The van der Waals surface area contributed by atoms with Gasteiger partial charge in [-0.2, -0.15) is 0 Å².